The van der Waals surface area contributed by atoms with Crippen LogP contribution in [0.5, 0.6) is 11.5 Å². The Morgan fingerprint density at radius 1 is 0.703 bits per heavy atom. The summed E-state index contributed by atoms with van der Waals surface area (Å²) in [6.45, 7) is 2.15. The molecule has 0 fully saturated rings. The van der Waals surface area contributed by atoms with Gasteiger partial charge in [-0.3, -0.25) is 9.59 Å². The van der Waals surface area contributed by atoms with Gasteiger partial charge in [0.2, 0.25) is 0 Å². The monoisotopic (exact) mass is 508 g/mol. The smallest absolute Gasteiger partial charge is 0.303 e. The van der Waals surface area contributed by atoms with Crippen molar-refractivity contribution in [1.82, 2.24) is 0 Å². The van der Waals surface area contributed by atoms with E-state index in [2.05, 4.69) is 35.8 Å². The Balaban J connectivity index is 1.84. The molecule has 0 saturated carbocycles. The molecule has 0 aromatic heterocycles. The highest BCUT2D eigenvalue weighted by atomic mass is 16.5. The van der Waals surface area contributed by atoms with E-state index < -0.39 is 11.9 Å². The molecular formula is C29H36N2O6+2. The van der Waals surface area contributed by atoms with Gasteiger partial charge in [0.1, 0.15) is 16.9 Å². The number of allylic oxidation sites excluding steroid dienone is 3. The maximum atomic E-state index is 10.7. The van der Waals surface area contributed by atoms with Crippen LogP contribution in [-0.2, 0) is 9.59 Å². The lowest BCUT2D eigenvalue weighted by molar-refractivity contribution is -0.429. The van der Waals surface area contributed by atoms with Crippen LogP contribution in [0.3, 0.4) is 0 Å². The van der Waals surface area contributed by atoms with Crippen LogP contribution < -0.4 is 20.9 Å². The lowest BCUT2D eigenvalue weighted by atomic mass is 9.81. The second-order valence-corrected chi connectivity index (χ2v) is 8.97. The van der Waals surface area contributed by atoms with Crippen molar-refractivity contribution >= 4 is 17.5 Å². The van der Waals surface area contributed by atoms with Crippen LogP contribution in [0.15, 0.2) is 78.4 Å². The Labute approximate surface area is 216 Å². The molecule has 0 amide bonds. The van der Waals surface area contributed by atoms with Crippen LogP contribution in [0, 0.1) is 5.41 Å². The second kappa shape index (κ2) is 13.4. The Hall–Kier alpha value is -3.88. The first-order chi connectivity index (χ1) is 17.9. The molecule has 2 aromatic rings. The first kappa shape index (κ1) is 27.7. The van der Waals surface area contributed by atoms with Crippen molar-refractivity contribution in [1.29, 1.82) is 0 Å². The molecule has 3 rings (SSSR count). The second-order valence-electron chi connectivity index (χ2n) is 8.97. The number of ether oxygens (including phenoxy) is 2. The SMILES string of the molecule is [NH3+]CC1(C[NH3+])C=CC(=C(c2ccc(OCCCC(=O)O)cc2)c2ccc(OCCCC(=O)O)cc2)C=C1. The quantitative estimate of drug-likeness (QED) is 0.288. The van der Waals surface area contributed by atoms with E-state index in [0.717, 1.165) is 35.4 Å². The molecule has 2 aromatic carbocycles. The Bertz CT molecular complexity index is 1060. The lowest BCUT2D eigenvalue weighted by Gasteiger charge is -2.23. The first-order valence-electron chi connectivity index (χ1n) is 12.5. The summed E-state index contributed by atoms with van der Waals surface area (Å²) in [6, 6.07) is 15.6. The average Bonchev–Trinajstić information content (AvgIpc) is 2.91. The summed E-state index contributed by atoms with van der Waals surface area (Å²) >= 11 is 0. The number of hydrogen-bond donors (Lipinski definition) is 4. The minimum atomic E-state index is -0.831. The van der Waals surface area contributed by atoms with E-state index in [1.54, 1.807) is 0 Å². The van der Waals surface area contributed by atoms with Crippen LogP contribution in [0.2, 0.25) is 0 Å². The Morgan fingerprint density at radius 2 is 1.11 bits per heavy atom. The first-order valence-corrected chi connectivity index (χ1v) is 12.5. The summed E-state index contributed by atoms with van der Waals surface area (Å²) in [7, 11) is 0. The van der Waals surface area contributed by atoms with Crippen LogP contribution in [0.1, 0.15) is 36.8 Å². The van der Waals surface area contributed by atoms with Gasteiger partial charge in [-0.15, -0.1) is 0 Å². The number of carboxylic acid groups (broad SMARTS) is 2. The topological polar surface area (TPSA) is 148 Å². The number of carbonyl (C=O) groups is 2. The summed E-state index contributed by atoms with van der Waals surface area (Å²) in [5.74, 6) is -0.289. The molecule has 0 atom stereocenters. The maximum absolute atomic E-state index is 10.7. The van der Waals surface area contributed by atoms with E-state index in [-0.39, 0.29) is 18.3 Å². The van der Waals surface area contributed by atoms with Crippen molar-refractivity contribution < 1.29 is 40.7 Å². The number of rotatable bonds is 14. The fourth-order valence-corrected chi connectivity index (χ4v) is 4.01. The van der Waals surface area contributed by atoms with Crippen molar-refractivity contribution in [3.05, 3.63) is 89.5 Å². The van der Waals surface area contributed by atoms with Crippen LogP contribution in [0.25, 0.3) is 5.57 Å². The molecule has 8 nitrogen and oxygen atoms in total. The Morgan fingerprint density at radius 3 is 1.46 bits per heavy atom. The molecule has 0 aliphatic heterocycles. The summed E-state index contributed by atoms with van der Waals surface area (Å²) < 4.78 is 11.4. The van der Waals surface area contributed by atoms with E-state index in [1.165, 1.54) is 0 Å². The van der Waals surface area contributed by atoms with E-state index in [0.29, 0.717) is 37.6 Å². The number of quaternary nitrogens is 2. The summed E-state index contributed by atoms with van der Waals surface area (Å²) in [5.41, 5.74) is 12.2. The highest BCUT2D eigenvalue weighted by Gasteiger charge is 2.28. The van der Waals surface area contributed by atoms with Gasteiger partial charge in [-0.25, -0.2) is 0 Å². The predicted octanol–water partition coefficient (Wildman–Crippen LogP) is 2.57. The minimum absolute atomic E-state index is 0.0777. The van der Waals surface area contributed by atoms with Gasteiger partial charge in [0.15, 0.2) is 0 Å². The van der Waals surface area contributed by atoms with Gasteiger partial charge in [0.05, 0.1) is 26.3 Å². The fraction of sp³-hybridized carbons (Fsp3) is 0.310. The molecule has 8 heteroatoms. The molecule has 0 saturated heterocycles. The zero-order valence-corrected chi connectivity index (χ0v) is 21.0. The zero-order chi connectivity index (χ0) is 26.7. The molecule has 0 unspecified atom stereocenters. The molecule has 37 heavy (non-hydrogen) atoms. The van der Waals surface area contributed by atoms with E-state index in [4.69, 9.17) is 19.7 Å². The molecule has 1 aliphatic rings. The standard InChI is InChI=1S/C29H34N2O6/c30-19-29(20-31)15-13-23(14-16-29)28(21-5-9-24(10-6-21)36-17-1-3-26(32)33)22-7-11-25(12-8-22)37-18-2-4-27(34)35/h5-16H,1-4,17-20,30-31H2,(H,32,33)(H,34,35)/p+2. The lowest BCUT2D eigenvalue weighted by Crippen LogP contribution is -2.66. The van der Waals surface area contributed by atoms with Gasteiger partial charge in [-0.05, 0) is 59.4 Å². The van der Waals surface area contributed by atoms with Gasteiger partial charge in [0.25, 0.3) is 0 Å². The molecule has 8 N–H and O–H groups in total. The molecule has 1 aliphatic carbocycles. The van der Waals surface area contributed by atoms with Crippen molar-refractivity contribution in [2.24, 2.45) is 5.41 Å². The molecule has 0 radical (unpaired) electrons. The largest absolute Gasteiger partial charge is 0.494 e. The van der Waals surface area contributed by atoms with Crippen LogP contribution >= 0.6 is 0 Å². The molecule has 0 bridgehead atoms. The third-order valence-electron chi connectivity index (χ3n) is 6.30. The highest BCUT2D eigenvalue weighted by Crippen LogP contribution is 2.34. The number of aliphatic carboxylic acids is 2. The van der Waals surface area contributed by atoms with Crippen LogP contribution in [0.4, 0.5) is 0 Å². The van der Waals surface area contributed by atoms with Gasteiger partial charge in [-0.1, -0.05) is 48.6 Å². The van der Waals surface area contributed by atoms with Crippen LogP contribution in [-0.4, -0.2) is 48.5 Å². The van der Waals surface area contributed by atoms with Gasteiger partial charge < -0.3 is 31.2 Å². The summed E-state index contributed by atoms with van der Waals surface area (Å²) in [5, 5.41) is 17.6. The van der Waals surface area contributed by atoms with Crippen molar-refractivity contribution in [3.63, 3.8) is 0 Å². The number of carboxylic acids is 2. The maximum Gasteiger partial charge on any atom is 0.303 e. The van der Waals surface area contributed by atoms with E-state index in [9.17, 15) is 9.59 Å². The Kier molecular flexibility index (Phi) is 10.1. The third-order valence-corrected chi connectivity index (χ3v) is 6.30. The highest BCUT2D eigenvalue weighted by molar-refractivity contribution is 5.86. The van der Waals surface area contributed by atoms with Gasteiger partial charge >= 0.3 is 11.9 Å². The predicted molar refractivity (Wildman–Crippen MR) is 140 cm³/mol. The van der Waals surface area contributed by atoms with E-state index in [1.807, 2.05) is 48.5 Å². The molecule has 0 spiro atoms. The third kappa shape index (κ3) is 8.06. The number of benzene rings is 2. The minimum Gasteiger partial charge on any atom is -0.494 e. The van der Waals surface area contributed by atoms with Crippen molar-refractivity contribution in [2.75, 3.05) is 26.3 Å². The number of hydrogen-bond acceptors (Lipinski definition) is 4. The van der Waals surface area contributed by atoms with E-state index >= 15 is 0 Å². The molecule has 196 valence electrons. The summed E-state index contributed by atoms with van der Waals surface area (Å²) in [4.78, 5) is 21.4. The van der Waals surface area contributed by atoms with Crippen molar-refractivity contribution in [3.8, 4) is 11.5 Å². The molecular weight excluding hydrogens is 472 g/mol. The average molecular weight is 509 g/mol. The van der Waals surface area contributed by atoms with Gasteiger partial charge in [-0.2, -0.15) is 0 Å². The normalized spacial score (nSPS) is 13.8. The fourth-order valence-electron chi connectivity index (χ4n) is 4.01. The van der Waals surface area contributed by atoms with Crippen molar-refractivity contribution in [2.45, 2.75) is 25.7 Å². The zero-order valence-electron chi connectivity index (χ0n) is 21.0. The summed E-state index contributed by atoms with van der Waals surface area (Å²) in [6.07, 6.45) is 9.64. The van der Waals surface area contributed by atoms with Gasteiger partial charge in [0, 0.05) is 12.8 Å². The molecule has 0 heterocycles.